The van der Waals surface area contributed by atoms with Gasteiger partial charge in [-0.05, 0) is 18.2 Å². The van der Waals surface area contributed by atoms with E-state index in [1.165, 1.54) is 30.6 Å². The van der Waals surface area contributed by atoms with E-state index in [2.05, 4.69) is 23.2 Å². The summed E-state index contributed by atoms with van der Waals surface area (Å²) in [5.74, 6) is 1.11. The van der Waals surface area contributed by atoms with Crippen LogP contribution in [0, 0.1) is 0 Å². The van der Waals surface area contributed by atoms with Crippen molar-refractivity contribution in [2.24, 2.45) is 21.7 Å². The van der Waals surface area contributed by atoms with Gasteiger partial charge in [0.1, 0.15) is 0 Å². The number of hydrogen-bond donors (Lipinski definition) is 2. The molecule has 1 aromatic carbocycles. The Kier molecular flexibility index (Phi) is 7.74. The Morgan fingerprint density at radius 2 is 2.00 bits per heavy atom. The van der Waals surface area contributed by atoms with Gasteiger partial charge in [0, 0.05) is 10.5 Å². The summed E-state index contributed by atoms with van der Waals surface area (Å²) in [5.41, 5.74) is 11.5. The van der Waals surface area contributed by atoms with Crippen molar-refractivity contribution >= 4 is 23.9 Å². The summed E-state index contributed by atoms with van der Waals surface area (Å²) >= 11 is 1.85. The fourth-order valence-electron chi connectivity index (χ4n) is 1.59. The van der Waals surface area contributed by atoms with Crippen molar-refractivity contribution in [3.63, 3.8) is 0 Å². The molecule has 1 aromatic rings. The molecule has 104 valence electrons. The first kappa shape index (κ1) is 15.6. The lowest BCUT2D eigenvalue weighted by Gasteiger charge is -2.04. The minimum atomic E-state index is -0.0269. The van der Waals surface area contributed by atoms with Gasteiger partial charge in [0.25, 0.3) is 0 Å². The van der Waals surface area contributed by atoms with E-state index in [-0.39, 0.29) is 5.96 Å². The minimum absolute atomic E-state index is 0.0269. The monoisotopic (exact) mass is 278 g/mol. The summed E-state index contributed by atoms with van der Waals surface area (Å²) in [7, 11) is 0. The molecule has 0 unspecified atom stereocenters. The van der Waals surface area contributed by atoms with E-state index >= 15 is 0 Å². The molecule has 19 heavy (non-hydrogen) atoms. The van der Waals surface area contributed by atoms with Crippen LogP contribution in [-0.2, 0) is 0 Å². The fraction of sp³-hybridized carbons (Fsp3) is 0.429. The van der Waals surface area contributed by atoms with E-state index in [4.69, 9.17) is 11.5 Å². The van der Waals surface area contributed by atoms with E-state index in [1.807, 2.05) is 30.0 Å². The first-order valence-electron chi connectivity index (χ1n) is 6.58. The molecule has 0 heterocycles. The molecule has 0 aliphatic heterocycles. The molecule has 0 bridgehead atoms. The average molecular weight is 278 g/mol. The number of rotatable bonds is 8. The molecule has 0 saturated heterocycles. The highest BCUT2D eigenvalue weighted by Gasteiger charge is 1.99. The third-order valence-corrected chi connectivity index (χ3v) is 3.72. The van der Waals surface area contributed by atoms with Crippen molar-refractivity contribution in [3.8, 4) is 0 Å². The van der Waals surface area contributed by atoms with Crippen LogP contribution in [0.15, 0.2) is 39.4 Å². The zero-order valence-electron chi connectivity index (χ0n) is 11.4. The van der Waals surface area contributed by atoms with Gasteiger partial charge in [-0.1, -0.05) is 44.4 Å². The SMILES string of the molecule is CCCCCCSc1ccccc1C=NN=C(N)N. The third-order valence-electron chi connectivity index (χ3n) is 2.54. The smallest absolute Gasteiger partial charge is 0.211 e. The van der Waals surface area contributed by atoms with E-state index in [0.717, 1.165) is 11.3 Å². The maximum Gasteiger partial charge on any atom is 0.211 e. The van der Waals surface area contributed by atoms with Gasteiger partial charge in [-0.25, -0.2) is 0 Å². The predicted octanol–water partition coefficient (Wildman–Crippen LogP) is 2.97. The summed E-state index contributed by atoms with van der Waals surface area (Å²) in [4.78, 5) is 1.22. The van der Waals surface area contributed by atoms with Crippen LogP contribution in [0.2, 0.25) is 0 Å². The molecule has 5 heteroatoms. The number of benzene rings is 1. The van der Waals surface area contributed by atoms with Gasteiger partial charge in [0.15, 0.2) is 0 Å². The quantitative estimate of drug-likeness (QED) is 0.252. The molecular formula is C14H22N4S. The van der Waals surface area contributed by atoms with Gasteiger partial charge in [-0.3, -0.25) is 0 Å². The van der Waals surface area contributed by atoms with Crippen molar-refractivity contribution in [1.29, 1.82) is 0 Å². The molecule has 0 amide bonds. The Labute approximate surface area is 119 Å². The van der Waals surface area contributed by atoms with E-state index in [1.54, 1.807) is 6.21 Å². The molecule has 0 aromatic heterocycles. The summed E-state index contributed by atoms with van der Waals surface area (Å²) in [5, 5.41) is 7.47. The fourth-order valence-corrected chi connectivity index (χ4v) is 2.62. The van der Waals surface area contributed by atoms with Gasteiger partial charge in [-0.2, -0.15) is 5.10 Å². The minimum Gasteiger partial charge on any atom is -0.369 e. The second kappa shape index (κ2) is 9.44. The van der Waals surface area contributed by atoms with Gasteiger partial charge in [-0.15, -0.1) is 16.9 Å². The predicted molar refractivity (Wildman–Crippen MR) is 84.7 cm³/mol. The molecule has 0 aliphatic rings. The normalized spacial score (nSPS) is 10.8. The highest BCUT2D eigenvalue weighted by molar-refractivity contribution is 7.99. The molecule has 1 rings (SSSR count). The highest BCUT2D eigenvalue weighted by atomic mass is 32.2. The second-order valence-electron chi connectivity index (χ2n) is 4.22. The molecule has 0 radical (unpaired) electrons. The van der Waals surface area contributed by atoms with Crippen LogP contribution in [-0.4, -0.2) is 17.9 Å². The van der Waals surface area contributed by atoms with Gasteiger partial charge >= 0.3 is 0 Å². The maximum absolute atomic E-state index is 5.23. The molecule has 0 atom stereocenters. The molecular weight excluding hydrogens is 256 g/mol. The number of thioether (sulfide) groups is 1. The van der Waals surface area contributed by atoms with Crippen LogP contribution < -0.4 is 11.5 Å². The largest absolute Gasteiger partial charge is 0.369 e. The first-order chi connectivity index (χ1) is 9.24. The highest BCUT2D eigenvalue weighted by Crippen LogP contribution is 2.23. The standard InChI is InChI=1S/C14H22N4S/c1-2-3-4-7-10-19-13-9-6-5-8-12(13)11-17-18-14(15)16/h5-6,8-9,11H,2-4,7,10H2,1H3,(H4,15,16,18). The van der Waals surface area contributed by atoms with Crippen molar-refractivity contribution in [2.45, 2.75) is 37.5 Å². The lowest BCUT2D eigenvalue weighted by Crippen LogP contribution is -2.21. The number of unbranched alkanes of at least 4 members (excludes halogenated alkanes) is 3. The van der Waals surface area contributed by atoms with Crippen LogP contribution >= 0.6 is 11.8 Å². The third kappa shape index (κ3) is 6.86. The summed E-state index contributed by atoms with van der Waals surface area (Å²) in [6, 6.07) is 8.13. The van der Waals surface area contributed by atoms with Crippen LogP contribution in [0.4, 0.5) is 0 Å². The number of nitrogens with two attached hydrogens (primary N) is 2. The summed E-state index contributed by atoms with van der Waals surface area (Å²) in [6.45, 7) is 2.22. The first-order valence-corrected chi connectivity index (χ1v) is 7.56. The lowest BCUT2D eigenvalue weighted by molar-refractivity contribution is 0.706. The lowest BCUT2D eigenvalue weighted by atomic mass is 10.2. The van der Waals surface area contributed by atoms with Crippen molar-refractivity contribution in [2.75, 3.05) is 5.75 Å². The van der Waals surface area contributed by atoms with Crippen LogP contribution in [0.5, 0.6) is 0 Å². The summed E-state index contributed by atoms with van der Waals surface area (Å²) in [6.07, 6.45) is 6.82. The van der Waals surface area contributed by atoms with Crippen LogP contribution in [0.3, 0.4) is 0 Å². The Morgan fingerprint density at radius 3 is 2.74 bits per heavy atom. The number of nitrogens with zero attached hydrogens (tertiary/aromatic N) is 2. The van der Waals surface area contributed by atoms with Crippen LogP contribution in [0.25, 0.3) is 0 Å². The van der Waals surface area contributed by atoms with Gasteiger partial charge in [0.2, 0.25) is 5.96 Å². The Bertz CT molecular complexity index is 425. The Hall–Kier alpha value is -1.49. The van der Waals surface area contributed by atoms with Crippen molar-refractivity contribution in [3.05, 3.63) is 29.8 Å². The zero-order valence-corrected chi connectivity index (χ0v) is 12.2. The molecule has 0 fully saturated rings. The molecule has 4 N–H and O–H groups in total. The van der Waals surface area contributed by atoms with Crippen LogP contribution in [0.1, 0.15) is 38.2 Å². The van der Waals surface area contributed by atoms with Gasteiger partial charge in [0.05, 0.1) is 6.21 Å². The zero-order chi connectivity index (χ0) is 13.9. The Balaban J connectivity index is 2.53. The topological polar surface area (TPSA) is 76.8 Å². The maximum atomic E-state index is 5.23. The van der Waals surface area contributed by atoms with Gasteiger partial charge < -0.3 is 11.5 Å². The van der Waals surface area contributed by atoms with Crippen molar-refractivity contribution < 1.29 is 0 Å². The van der Waals surface area contributed by atoms with E-state index in [9.17, 15) is 0 Å². The molecule has 0 aliphatic carbocycles. The van der Waals surface area contributed by atoms with Crippen molar-refractivity contribution in [1.82, 2.24) is 0 Å². The van der Waals surface area contributed by atoms with E-state index < -0.39 is 0 Å². The second-order valence-corrected chi connectivity index (χ2v) is 5.35. The number of guanidine groups is 1. The average Bonchev–Trinajstić information content (AvgIpc) is 2.40. The number of hydrogen-bond acceptors (Lipinski definition) is 3. The van der Waals surface area contributed by atoms with E-state index in [0.29, 0.717) is 0 Å². The molecule has 0 saturated carbocycles. The molecule has 4 nitrogen and oxygen atoms in total. The molecule has 0 spiro atoms. The Morgan fingerprint density at radius 1 is 1.21 bits per heavy atom. The summed E-state index contributed by atoms with van der Waals surface area (Å²) < 4.78 is 0.